The molecular weight excluding hydrogens is 792 g/mol. The SMILES string of the molecule is CCCCC1=Cc2c(-c3ccc(C)cc3)ccc(-c3ccc(C)cc3)c2[CH]1[Zr]([CH]1C(CCCC)=Cc2c(-c3ccc(C)cc3)ccc(-c3ccc(C)cc3)c21)[SiH](C)C. The van der Waals surface area contributed by atoms with Crippen LogP contribution in [-0.4, -0.2) is 5.92 Å². The van der Waals surface area contributed by atoms with Crippen molar-refractivity contribution in [2.75, 3.05) is 0 Å². The standard InChI is InChI=1S/2C27H27.C2H7Si.Zr/c2*1-4-5-6-21-17-26-24(22-11-7-19(2)8-12-22)15-16-25(27(26)18-21)23-13-9-20(3)10-14-23;1-3-2;/h2*7-18H,4-6H2,1-3H3;3H,1-2H3;. The molecular formula is C56H61SiZr. The monoisotopic (exact) mass is 851 g/mol. The normalized spacial score (nSPS) is 15.7. The van der Waals surface area contributed by atoms with Crippen molar-refractivity contribution in [1.82, 2.24) is 0 Å². The summed E-state index contributed by atoms with van der Waals surface area (Å²) in [4.78, 5) is 0. The van der Waals surface area contributed by atoms with Gasteiger partial charge in [-0.05, 0) is 0 Å². The molecule has 8 rings (SSSR count). The van der Waals surface area contributed by atoms with E-state index in [0.717, 1.165) is 0 Å². The topological polar surface area (TPSA) is 0 Å². The van der Waals surface area contributed by atoms with Gasteiger partial charge in [0.15, 0.2) is 0 Å². The van der Waals surface area contributed by atoms with Gasteiger partial charge in [0.1, 0.15) is 0 Å². The van der Waals surface area contributed by atoms with Crippen molar-refractivity contribution in [2.45, 2.75) is 100 Å². The van der Waals surface area contributed by atoms with Gasteiger partial charge in [0.25, 0.3) is 0 Å². The van der Waals surface area contributed by atoms with Crippen molar-refractivity contribution in [3.05, 3.63) is 177 Å². The van der Waals surface area contributed by atoms with Gasteiger partial charge in [-0.3, -0.25) is 0 Å². The van der Waals surface area contributed by atoms with Gasteiger partial charge >= 0.3 is 361 Å². The third-order valence-corrected chi connectivity index (χ3v) is 34.6. The van der Waals surface area contributed by atoms with Gasteiger partial charge in [-0.25, -0.2) is 0 Å². The maximum atomic E-state index is 2.75. The molecule has 0 nitrogen and oxygen atoms in total. The fourth-order valence-corrected chi connectivity index (χ4v) is 32.7. The van der Waals surface area contributed by atoms with Gasteiger partial charge < -0.3 is 0 Å². The van der Waals surface area contributed by atoms with Crippen LogP contribution in [0.1, 0.15) is 104 Å². The number of unbranched alkanes of at least 4 members (excludes halogenated alkanes) is 2. The molecule has 0 fully saturated rings. The molecule has 6 aromatic carbocycles. The number of benzene rings is 6. The molecule has 0 amide bonds. The number of allylic oxidation sites excluding steroid dienone is 2. The molecule has 0 bridgehead atoms. The molecule has 293 valence electrons. The summed E-state index contributed by atoms with van der Waals surface area (Å²) in [5.74, 6) is -1.18. The summed E-state index contributed by atoms with van der Waals surface area (Å²) in [6.07, 6.45) is 12.8. The van der Waals surface area contributed by atoms with Crippen LogP contribution in [0.3, 0.4) is 0 Å². The van der Waals surface area contributed by atoms with Crippen LogP contribution in [0.4, 0.5) is 0 Å². The van der Waals surface area contributed by atoms with Crippen molar-refractivity contribution < 1.29 is 20.9 Å². The molecule has 0 spiro atoms. The second-order valence-electron chi connectivity index (χ2n) is 17.6. The van der Waals surface area contributed by atoms with Crippen LogP contribution in [-0.2, 0) is 20.9 Å². The molecule has 2 aliphatic carbocycles. The molecule has 2 heteroatoms. The quantitative estimate of drug-likeness (QED) is 0.102. The summed E-state index contributed by atoms with van der Waals surface area (Å²) < 4.78 is 1.10. The van der Waals surface area contributed by atoms with Gasteiger partial charge in [-0.1, -0.05) is 0 Å². The second kappa shape index (κ2) is 17.6. The first-order valence-corrected chi connectivity index (χ1v) is 32.0. The Labute approximate surface area is 358 Å². The van der Waals surface area contributed by atoms with Crippen LogP contribution in [0.5, 0.6) is 0 Å². The molecule has 0 saturated carbocycles. The summed E-state index contributed by atoms with van der Waals surface area (Å²) in [6.45, 7) is 19.1. The molecule has 0 heterocycles. The molecule has 2 aliphatic rings. The van der Waals surface area contributed by atoms with Crippen molar-refractivity contribution in [1.29, 1.82) is 0 Å². The van der Waals surface area contributed by atoms with Gasteiger partial charge in [0, 0.05) is 0 Å². The summed E-state index contributed by atoms with van der Waals surface area (Å²) in [7, 11) is 0. The second-order valence-corrected chi connectivity index (χ2v) is 37.7. The Hall–Kier alpha value is -4.10. The Kier molecular flexibility index (Phi) is 12.4. The van der Waals surface area contributed by atoms with E-state index in [1.54, 1.807) is 22.3 Å². The predicted octanol–water partition coefficient (Wildman–Crippen LogP) is 16.1. The van der Waals surface area contributed by atoms with Crippen LogP contribution in [0.25, 0.3) is 56.7 Å². The molecule has 0 N–H and O–H groups in total. The Morgan fingerprint density at radius 3 is 1.00 bits per heavy atom. The number of rotatable bonds is 13. The predicted molar refractivity (Wildman–Crippen MR) is 253 cm³/mol. The molecule has 2 atom stereocenters. The van der Waals surface area contributed by atoms with Gasteiger partial charge in [0.05, 0.1) is 0 Å². The number of aryl methyl sites for hydroxylation is 4. The van der Waals surface area contributed by atoms with Crippen LogP contribution in [0.2, 0.25) is 13.1 Å². The average molecular weight is 853 g/mol. The van der Waals surface area contributed by atoms with E-state index in [2.05, 4.69) is 188 Å². The number of fused-ring (bicyclic) bond motifs is 2. The molecule has 58 heavy (non-hydrogen) atoms. The van der Waals surface area contributed by atoms with E-state index in [1.165, 1.54) is 116 Å². The van der Waals surface area contributed by atoms with Crippen LogP contribution < -0.4 is 0 Å². The summed E-state index contributed by atoms with van der Waals surface area (Å²) in [6, 6.07) is 47.4. The third-order valence-electron chi connectivity index (χ3n) is 13.0. The van der Waals surface area contributed by atoms with E-state index in [4.69, 9.17) is 0 Å². The molecule has 0 aliphatic heterocycles. The first kappa shape index (κ1) is 40.7. The van der Waals surface area contributed by atoms with E-state index in [0.29, 0.717) is 7.25 Å². The van der Waals surface area contributed by atoms with Gasteiger partial charge in [0.2, 0.25) is 0 Å². The van der Waals surface area contributed by atoms with Gasteiger partial charge in [-0.15, -0.1) is 0 Å². The Balaban J connectivity index is 1.42. The van der Waals surface area contributed by atoms with E-state index in [9.17, 15) is 0 Å². The fraction of sp³-hybridized carbons (Fsp3) is 0.286. The molecule has 0 saturated heterocycles. The first-order chi connectivity index (χ1) is 28.2. The zero-order valence-electron chi connectivity index (χ0n) is 36.2. The van der Waals surface area contributed by atoms with Crippen molar-refractivity contribution in [3.63, 3.8) is 0 Å². The molecule has 6 aromatic rings. The van der Waals surface area contributed by atoms with E-state index in [1.807, 2.05) is 0 Å². The van der Waals surface area contributed by atoms with Crippen LogP contribution in [0, 0.1) is 27.7 Å². The zero-order chi connectivity index (χ0) is 40.5. The molecule has 2 unspecified atom stereocenters. The summed E-state index contributed by atoms with van der Waals surface area (Å²) in [5, 5.41) is 0. The Morgan fingerprint density at radius 2 is 0.707 bits per heavy atom. The number of hydrogen-bond donors (Lipinski definition) is 0. The fourth-order valence-electron chi connectivity index (χ4n) is 9.84. The minimum atomic E-state index is -2.55. The maximum absolute atomic E-state index is 2.75. The Morgan fingerprint density at radius 1 is 0.414 bits per heavy atom. The van der Waals surface area contributed by atoms with Crippen LogP contribution >= 0.6 is 0 Å². The van der Waals surface area contributed by atoms with Crippen molar-refractivity contribution in [3.8, 4) is 44.5 Å². The summed E-state index contributed by atoms with van der Waals surface area (Å²) >= 11 is -2.55. The number of hydrogen-bond acceptors (Lipinski definition) is 0. The molecule has 0 aromatic heterocycles. The van der Waals surface area contributed by atoms with Crippen molar-refractivity contribution in [2.24, 2.45) is 0 Å². The Bertz CT molecular complexity index is 2290. The third kappa shape index (κ3) is 7.97. The van der Waals surface area contributed by atoms with Crippen LogP contribution in [0.15, 0.2) is 132 Å². The molecule has 0 radical (unpaired) electrons. The van der Waals surface area contributed by atoms with Gasteiger partial charge in [-0.2, -0.15) is 0 Å². The summed E-state index contributed by atoms with van der Waals surface area (Å²) in [5.41, 5.74) is 26.3. The van der Waals surface area contributed by atoms with E-state index >= 15 is 0 Å². The van der Waals surface area contributed by atoms with Crippen molar-refractivity contribution >= 4 is 18.1 Å². The average Bonchev–Trinajstić information content (AvgIpc) is 3.79. The van der Waals surface area contributed by atoms with E-state index < -0.39 is 26.8 Å². The first-order valence-electron chi connectivity index (χ1n) is 22.1. The minimum absolute atomic E-state index is 0.548. The zero-order valence-corrected chi connectivity index (χ0v) is 39.8. The van der Waals surface area contributed by atoms with E-state index in [-0.39, 0.29) is 0 Å².